The molecule has 0 saturated heterocycles. The first kappa shape index (κ1) is 12.5. The molecule has 1 aliphatic carbocycles. The topological polar surface area (TPSA) is 55.1 Å². The standard InChI is InChI=1S/C12H24N2O/c1-4-10(3)14-12(11(13)15)7-5-6-9(2)8-12/h9-10,14H,4-8H2,1-3H3,(H2,13,15). The molecular weight excluding hydrogens is 188 g/mol. The van der Waals surface area contributed by atoms with Crippen molar-refractivity contribution in [2.75, 3.05) is 0 Å². The normalized spacial score (nSPS) is 33.7. The monoisotopic (exact) mass is 212 g/mol. The van der Waals surface area contributed by atoms with E-state index in [1.54, 1.807) is 0 Å². The number of nitrogens with two attached hydrogens (primary N) is 1. The van der Waals surface area contributed by atoms with Gasteiger partial charge >= 0.3 is 0 Å². The van der Waals surface area contributed by atoms with E-state index in [0.717, 1.165) is 25.7 Å². The summed E-state index contributed by atoms with van der Waals surface area (Å²) in [6, 6.07) is 0.364. The van der Waals surface area contributed by atoms with E-state index in [-0.39, 0.29) is 5.91 Å². The smallest absolute Gasteiger partial charge is 0.237 e. The number of amides is 1. The maximum Gasteiger partial charge on any atom is 0.237 e. The Bertz CT molecular complexity index is 230. The summed E-state index contributed by atoms with van der Waals surface area (Å²) >= 11 is 0. The first-order valence-electron chi connectivity index (χ1n) is 6.08. The highest BCUT2D eigenvalue weighted by molar-refractivity contribution is 5.84. The van der Waals surface area contributed by atoms with Crippen LogP contribution in [-0.2, 0) is 4.79 Å². The van der Waals surface area contributed by atoms with Gasteiger partial charge in [-0.1, -0.05) is 26.7 Å². The van der Waals surface area contributed by atoms with Crippen LogP contribution in [-0.4, -0.2) is 17.5 Å². The largest absolute Gasteiger partial charge is 0.368 e. The fourth-order valence-electron chi connectivity index (χ4n) is 2.55. The van der Waals surface area contributed by atoms with Gasteiger partial charge in [-0.25, -0.2) is 0 Å². The molecule has 3 atom stereocenters. The maximum absolute atomic E-state index is 11.6. The van der Waals surface area contributed by atoms with Gasteiger partial charge in [-0.15, -0.1) is 0 Å². The lowest BCUT2D eigenvalue weighted by Gasteiger charge is -2.40. The van der Waals surface area contributed by atoms with E-state index in [1.165, 1.54) is 6.42 Å². The number of rotatable bonds is 4. The third-order valence-corrected chi connectivity index (χ3v) is 3.60. The summed E-state index contributed by atoms with van der Waals surface area (Å²) in [5.74, 6) is 0.428. The van der Waals surface area contributed by atoms with E-state index in [9.17, 15) is 4.79 Å². The zero-order valence-corrected chi connectivity index (χ0v) is 10.2. The predicted molar refractivity (Wildman–Crippen MR) is 62.4 cm³/mol. The van der Waals surface area contributed by atoms with Crippen LogP contribution >= 0.6 is 0 Å². The van der Waals surface area contributed by atoms with Crippen molar-refractivity contribution in [3.63, 3.8) is 0 Å². The van der Waals surface area contributed by atoms with Crippen molar-refractivity contribution < 1.29 is 4.79 Å². The van der Waals surface area contributed by atoms with Crippen molar-refractivity contribution >= 4 is 5.91 Å². The summed E-state index contributed by atoms with van der Waals surface area (Å²) in [7, 11) is 0. The second-order valence-electron chi connectivity index (χ2n) is 5.10. The van der Waals surface area contributed by atoms with Gasteiger partial charge < -0.3 is 11.1 Å². The molecule has 15 heavy (non-hydrogen) atoms. The molecule has 0 radical (unpaired) electrons. The van der Waals surface area contributed by atoms with Crippen molar-refractivity contribution in [2.45, 2.75) is 64.5 Å². The molecule has 3 N–H and O–H groups in total. The Kier molecular flexibility index (Phi) is 4.14. The molecule has 3 heteroatoms. The molecule has 1 aliphatic rings. The Morgan fingerprint density at radius 3 is 2.80 bits per heavy atom. The maximum atomic E-state index is 11.6. The number of hydrogen-bond donors (Lipinski definition) is 2. The van der Waals surface area contributed by atoms with Gasteiger partial charge in [0.1, 0.15) is 0 Å². The number of primary amides is 1. The summed E-state index contributed by atoms with van der Waals surface area (Å²) in [4.78, 5) is 11.6. The first-order valence-corrected chi connectivity index (χ1v) is 6.08. The number of nitrogens with one attached hydrogen (secondary N) is 1. The zero-order valence-electron chi connectivity index (χ0n) is 10.2. The lowest BCUT2D eigenvalue weighted by Crippen LogP contribution is -2.60. The highest BCUT2D eigenvalue weighted by Gasteiger charge is 2.40. The third-order valence-electron chi connectivity index (χ3n) is 3.60. The van der Waals surface area contributed by atoms with Crippen molar-refractivity contribution in [3.05, 3.63) is 0 Å². The van der Waals surface area contributed by atoms with Crippen LogP contribution < -0.4 is 11.1 Å². The van der Waals surface area contributed by atoms with Gasteiger partial charge in [0.15, 0.2) is 0 Å². The van der Waals surface area contributed by atoms with Gasteiger partial charge in [-0.2, -0.15) is 0 Å². The molecule has 0 aromatic carbocycles. The Hall–Kier alpha value is -0.570. The van der Waals surface area contributed by atoms with Crippen molar-refractivity contribution in [1.82, 2.24) is 5.32 Å². The van der Waals surface area contributed by atoms with Gasteiger partial charge in [0.25, 0.3) is 0 Å². The molecular formula is C12H24N2O. The molecule has 0 aromatic heterocycles. The molecule has 88 valence electrons. The van der Waals surface area contributed by atoms with Crippen LogP contribution in [0.2, 0.25) is 0 Å². The summed E-state index contributed by atoms with van der Waals surface area (Å²) < 4.78 is 0. The summed E-state index contributed by atoms with van der Waals surface area (Å²) in [5, 5.41) is 3.44. The van der Waals surface area contributed by atoms with Gasteiger partial charge in [0, 0.05) is 6.04 Å². The minimum Gasteiger partial charge on any atom is -0.368 e. The fraction of sp³-hybridized carbons (Fsp3) is 0.917. The van der Waals surface area contributed by atoms with Gasteiger partial charge in [0.2, 0.25) is 5.91 Å². The number of hydrogen-bond acceptors (Lipinski definition) is 2. The van der Waals surface area contributed by atoms with E-state index in [0.29, 0.717) is 12.0 Å². The van der Waals surface area contributed by atoms with E-state index >= 15 is 0 Å². The first-order chi connectivity index (χ1) is 7.00. The van der Waals surface area contributed by atoms with Crippen LogP contribution in [0.25, 0.3) is 0 Å². The van der Waals surface area contributed by atoms with E-state index in [1.807, 2.05) is 0 Å². The minimum absolute atomic E-state index is 0.172. The van der Waals surface area contributed by atoms with E-state index in [4.69, 9.17) is 5.73 Å². The molecule has 3 unspecified atom stereocenters. The lowest BCUT2D eigenvalue weighted by atomic mass is 9.75. The predicted octanol–water partition coefficient (Wildman–Crippen LogP) is 1.81. The van der Waals surface area contributed by atoms with Crippen LogP contribution in [0.5, 0.6) is 0 Å². The SMILES string of the molecule is CCC(C)NC1(C(N)=O)CCCC(C)C1. The molecule has 3 nitrogen and oxygen atoms in total. The molecule has 0 spiro atoms. The molecule has 0 aliphatic heterocycles. The number of carbonyl (C=O) groups is 1. The average molecular weight is 212 g/mol. The molecule has 0 bridgehead atoms. The van der Waals surface area contributed by atoms with Crippen LogP contribution in [0.3, 0.4) is 0 Å². The summed E-state index contributed by atoms with van der Waals surface area (Å²) in [6.07, 6.45) is 5.15. The second-order valence-corrected chi connectivity index (χ2v) is 5.10. The Morgan fingerprint density at radius 2 is 2.33 bits per heavy atom. The van der Waals surface area contributed by atoms with E-state index < -0.39 is 5.54 Å². The van der Waals surface area contributed by atoms with Crippen molar-refractivity contribution in [3.8, 4) is 0 Å². The minimum atomic E-state index is -0.437. The zero-order chi connectivity index (χ0) is 11.5. The Balaban J connectivity index is 2.73. The van der Waals surface area contributed by atoms with Gasteiger partial charge in [-0.3, -0.25) is 4.79 Å². The Labute approximate surface area is 92.8 Å². The highest BCUT2D eigenvalue weighted by Crippen LogP contribution is 2.32. The van der Waals surface area contributed by atoms with Crippen LogP contribution in [0.15, 0.2) is 0 Å². The Morgan fingerprint density at radius 1 is 1.67 bits per heavy atom. The molecule has 0 aromatic rings. The summed E-state index contributed by atoms with van der Waals surface area (Å²) in [5.41, 5.74) is 5.13. The van der Waals surface area contributed by atoms with Gasteiger partial charge in [0.05, 0.1) is 5.54 Å². The molecule has 1 saturated carbocycles. The fourth-order valence-corrected chi connectivity index (χ4v) is 2.55. The average Bonchev–Trinajstić information content (AvgIpc) is 2.17. The number of carbonyl (C=O) groups excluding carboxylic acids is 1. The van der Waals surface area contributed by atoms with Crippen molar-refractivity contribution in [2.24, 2.45) is 11.7 Å². The van der Waals surface area contributed by atoms with Crippen LogP contribution in [0.1, 0.15) is 52.9 Å². The van der Waals surface area contributed by atoms with Gasteiger partial charge in [-0.05, 0) is 32.1 Å². The van der Waals surface area contributed by atoms with Crippen LogP contribution in [0, 0.1) is 5.92 Å². The summed E-state index contributed by atoms with van der Waals surface area (Å²) in [6.45, 7) is 6.44. The molecule has 0 heterocycles. The second kappa shape index (κ2) is 4.97. The van der Waals surface area contributed by atoms with Crippen molar-refractivity contribution in [1.29, 1.82) is 0 Å². The lowest BCUT2D eigenvalue weighted by molar-refractivity contribution is -0.126. The molecule has 1 fully saturated rings. The van der Waals surface area contributed by atoms with Crippen LogP contribution in [0.4, 0.5) is 0 Å². The highest BCUT2D eigenvalue weighted by atomic mass is 16.1. The molecule has 1 rings (SSSR count). The molecule has 1 amide bonds. The van der Waals surface area contributed by atoms with E-state index in [2.05, 4.69) is 26.1 Å². The third kappa shape index (κ3) is 2.94. The quantitative estimate of drug-likeness (QED) is 0.746.